The number of benzene rings is 3. The van der Waals surface area contributed by atoms with E-state index in [-0.39, 0.29) is 5.41 Å². The van der Waals surface area contributed by atoms with Crippen LogP contribution in [0.2, 0.25) is 0 Å². The van der Waals surface area contributed by atoms with Crippen LogP contribution in [0, 0.1) is 5.92 Å². The molecule has 168 valence electrons. The molecular weight excluding hydrogens is 472 g/mol. The van der Waals surface area contributed by atoms with Gasteiger partial charge in [0.1, 0.15) is 5.75 Å². The van der Waals surface area contributed by atoms with Crippen molar-refractivity contribution in [3.05, 3.63) is 99.7 Å². The number of aromatic nitrogens is 1. The molecule has 0 bridgehead atoms. The van der Waals surface area contributed by atoms with E-state index in [4.69, 9.17) is 0 Å². The maximum atomic E-state index is 10.3. The summed E-state index contributed by atoms with van der Waals surface area (Å²) in [6.07, 6.45) is 4.30. The summed E-state index contributed by atoms with van der Waals surface area (Å²) in [5.74, 6) is 0.896. The van der Waals surface area contributed by atoms with Crippen molar-refractivity contribution in [2.45, 2.75) is 31.1 Å². The number of fused-ring (bicyclic) bond motifs is 4. The van der Waals surface area contributed by atoms with Gasteiger partial charge in [0.05, 0.1) is 0 Å². The van der Waals surface area contributed by atoms with Crippen molar-refractivity contribution in [1.29, 1.82) is 0 Å². The molecule has 0 radical (unpaired) electrons. The number of piperidine rings is 1. The quantitative estimate of drug-likeness (QED) is 0.348. The Labute approximate surface area is 203 Å². The number of rotatable bonds is 4. The van der Waals surface area contributed by atoms with Crippen molar-refractivity contribution in [3.63, 3.8) is 0 Å². The van der Waals surface area contributed by atoms with Gasteiger partial charge in [0.25, 0.3) is 0 Å². The third-order valence-corrected chi connectivity index (χ3v) is 8.51. The van der Waals surface area contributed by atoms with Crippen molar-refractivity contribution in [2.75, 3.05) is 19.6 Å². The summed E-state index contributed by atoms with van der Waals surface area (Å²) in [6, 6.07) is 25.4. The topological polar surface area (TPSA) is 39.3 Å². The average molecular weight is 501 g/mol. The third kappa shape index (κ3) is 3.79. The standard InChI is InChI=1S/C29H29BrN2O/c30-23-9-10-27-26(17-23)25-16-22-19-32(13-11-20-5-2-1-3-6-20)14-12-29(22,18-28(25)31-27)21-7-4-8-24(33)15-21/h1-10,15,17,22,31,33H,11-14,16,18-19H2/t22?,29-/m1/s1. The molecule has 3 aromatic carbocycles. The summed E-state index contributed by atoms with van der Waals surface area (Å²) in [7, 11) is 0. The first-order chi connectivity index (χ1) is 16.1. The number of nitrogens with zero attached hydrogens (tertiary/aromatic N) is 1. The minimum absolute atomic E-state index is 0.0626. The van der Waals surface area contributed by atoms with Gasteiger partial charge in [-0.2, -0.15) is 0 Å². The fraction of sp³-hybridized carbons (Fsp3) is 0.310. The lowest BCUT2D eigenvalue weighted by Gasteiger charge is -2.51. The molecule has 0 amide bonds. The second-order valence-corrected chi connectivity index (χ2v) is 10.8. The molecule has 0 spiro atoms. The largest absolute Gasteiger partial charge is 0.508 e. The van der Waals surface area contributed by atoms with Crippen molar-refractivity contribution in [2.24, 2.45) is 5.92 Å². The Hall–Kier alpha value is -2.56. The first-order valence-electron chi connectivity index (χ1n) is 12.0. The Bertz CT molecular complexity index is 1300. The molecule has 1 aromatic heterocycles. The zero-order chi connectivity index (χ0) is 22.4. The first kappa shape index (κ1) is 21.0. The van der Waals surface area contributed by atoms with Crippen LogP contribution in [0.25, 0.3) is 10.9 Å². The summed E-state index contributed by atoms with van der Waals surface area (Å²) in [5, 5.41) is 11.7. The number of nitrogens with one attached hydrogen (secondary N) is 1. The molecule has 1 aliphatic heterocycles. The number of likely N-dealkylation sites (tertiary alicyclic amines) is 1. The summed E-state index contributed by atoms with van der Waals surface area (Å²) in [4.78, 5) is 6.41. The maximum Gasteiger partial charge on any atom is 0.115 e. The molecule has 2 aliphatic rings. The van der Waals surface area contributed by atoms with Crippen molar-refractivity contribution >= 4 is 26.8 Å². The molecule has 2 heterocycles. The number of hydrogen-bond donors (Lipinski definition) is 2. The Morgan fingerprint density at radius 3 is 2.76 bits per heavy atom. The van der Waals surface area contributed by atoms with Crippen LogP contribution in [0.3, 0.4) is 0 Å². The van der Waals surface area contributed by atoms with Crippen LogP contribution in [-0.4, -0.2) is 34.6 Å². The van der Waals surface area contributed by atoms with E-state index in [1.807, 2.05) is 12.1 Å². The summed E-state index contributed by atoms with van der Waals surface area (Å²) >= 11 is 3.67. The Morgan fingerprint density at radius 2 is 1.91 bits per heavy atom. The summed E-state index contributed by atoms with van der Waals surface area (Å²) < 4.78 is 1.13. The Balaban J connectivity index is 1.35. The number of aromatic amines is 1. The fourth-order valence-corrected chi connectivity index (χ4v) is 6.65. The lowest BCUT2D eigenvalue weighted by molar-refractivity contribution is 0.0822. The van der Waals surface area contributed by atoms with Crippen LogP contribution in [0.4, 0.5) is 0 Å². The highest BCUT2D eigenvalue weighted by Gasteiger charge is 2.48. The number of aromatic hydroxyl groups is 1. The Morgan fingerprint density at radius 1 is 1.03 bits per heavy atom. The van der Waals surface area contributed by atoms with Crippen LogP contribution in [0.15, 0.2) is 77.3 Å². The van der Waals surface area contributed by atoms with Gasteiger partial charge < -0.3 is 15.0 Å². The Kier molecular flexibility index (Phi) is 5.31. The zero-order valence-electron chi connectivity index (χ0n) is 18.7. The molecule has 0 saturated carbocycles. The second kappa shape index (κ2) is 8.34. The highest BCUT2D eigenvalue weighted by molar-refractivity contribution is 9.10. The van der Waals surface area contributed by atoms with E-state index in [1.165, 1.54) is 33.3 Å². The smallest absolute Gasteiger partial charge is 0.115 e. The van der Waals surface area contributed by atoms with Crippen molar-refractivity contribution in [1.82, 2.24) is 9.88 Å². The number of phenols is 1. The van der Waals surface area contributed by atoms with Crippen molar-refractivity contribution < 1.29 is 5.11 Å². The van der Waals surface area contributed by atoms with E-state index in [1.54, 1.807) is 6.07 Å². The van der Waals surface area contributed by atoms with Gasteiger partial charge in [-0.15, -0.1) is 0 Å². The number of H-pyrrole nitrogens is 1. The van der Waals surface area contributed by atoms with E-state index in [0.717, 1.165) is 49.8 Å². The molecule has 1 aliphatic carbocycles. The number of halogens is 1. The predicted octanol–water partition coefficient (Wildman–Crippen LogP) is 6.24. The van der Waals surface area contributed by atoms with E-state index in [2.05, 4.69) is 80.4 Å². The third-order valence-electron chi connectivity index (χ3n) is 8.01. The van der Waals surface area contributed by atoms with Gasteiger partial charge in [-0.05, 0) is 85.2 Å². The van der Waals surface area contributed by atoms with Gasteiger partial charge in [-0.3, -0.25) is 0 Å². The zero-order valence-corrected chi connectivity index (χ0v) is 20.3. The fourth-order valence-electron chi connectivity index (χ4n) is 6.29. The van der Waals surface area contributed by atoms with Gasteiger partial charge in [0, 0.05) is 39.6 Å². The second-order valence-electron chi connectivity index (χ2n) is 9.84. The number of phenolic OH excluding ortho intramolecular Hbond substituents is 1. The van der Waals surface area contributed by atoms with Gasteiger partial charge in [-0.1, -0.05) is 58.4 Å². The monoisotopic (exact) mass is 500 g/mol. The molecule has 2 N–H and O–H groups in total. The minimum atomic E-state index is 0.0626. The minimum Gasteiger partial charge on any atom is -0.508 e. The maximum absolute atomic E-state index is 10.3. The summed E-state index contributed by atoms with van der Waals surface area (Å²) in [5.41, 5.74) is 6.86. The highest BCUT2D eigenvalue weighted by atomic mass is 79.9. The average Bonchev–Trinajstić information content (AvgIpc) is 3.18. The van der Waals surface area contributed by atoms with E-state index in [9.17, 15) is 5.11 Å². The van der Waals surface area contributed by atoms with Gasteiger partial charge in [0.15, 0.2) is 0 Å². The van der Waals surface area contributed by atoms with Gasteiger partial charge in [0.2, 0.25) is 0 Å². The van der Waals surface area contributed by atoms with E-state index >= 15 is 0 Å². The number of hydrogen-bond acceptors (Lipinski definition) is 2. The molecule has 4 heteroatoms. The highest BCUT2D eigenvalue weighted by Crippen LogP contribution is 2.49. The van der Waals surface area contributed by atoms with Gasteiger partial charge >= 0.3 is 0 Å². The molecule has 6 rings (SSSR count). The lowest BCUT2D eigenvalue weighted by Crippen LogP contribution is -2.54. The SMILES string of the molecule is Oc1cccc([C@]23CCN(CCc4ccccc4)CC2Cc2c([nH]c4ccc(Br)cc24)C3)c1. The van der Waals surface area contributed by atoms with Crippen LogP contribution < -0.4 is 0 Å². The molecule has 33 heavy (non-hydrogen) atoms. The lowest BCUT2D eigenvalue weighted by atomic mass is 9.58. The van der Waals surface area contributed by atoms with Gasteiger partial charge in [-0.25, -0.2) is 0 Å². The van der Waals surface area contributed by atoms with Crippen LogP contribution in [0.5, 0.6) is 5.75 Å². The van der Waals surface area contributed by atoms with Crippen LogP contribution in [0.1, 0.15) is 28.8 Å². The molecule has 1 unspecified atom stereocenters. The molecule has 4 aromatic rings. The first-order valence-corrected chi connectivity index (χ1v) is 12.7. The predicted molar refractivity (Wildman–Crippen MR) is 138 cm³/mol. The van der Waals surface area contributed by atoms with E-state index in [0.29, 0.717) is 11.7 Å². The van der Waals surface area contributed by atoms with Crippen LogP contribution >= 0.6 is 15.9 Å². The summed E-state index contributed by atoms with van der Waals surface area (Å²) in [6.45, 7) is 3.30. The van der Waals surface area contributed by atoms with Crippen LogP contribution in [-0.2, 0) is 24.7 Å². The molecule has 2 atom stereocenters. The molecular formula is C29H29BrN2O. The molecule has 1 saturated heterocycles. The molecule has 3 nitrogen and oxygen atoms in total. The molecule has 1 fully saturated rings. The normalized spacial score (nSPS) is 22.8. The van der Waals surface area contributed by atoms with Crippen molar-refractivity contribution in [3.8, 4) is 5.75 Å². The van der Waals surface area contributed by atoms with E-state index < -0.39 is 0 Å².